The van der Waals surface area contributed by atoms with Crippen molar-refractivity contribution < 1.29 is 9.47 Å². The van der Waals surface area contributed by atoms with Gasteiger partial charge in [-0.1, -0.05) is 27.7 Å². The molecule has 0 radical (unpaired) electrons. The Morgan fingerprint density at radius 3 is 2.52 bits per heavy atom. The third-order valence-corrected chi connectivity index (χ3v) is 6.62. The molecule has 1 heterocycles. The predicted octanol–water partition coefficient (Wildman–Crippen LogP) is 2.17. The van der Waals surface area contributed by atoms with Crippen LogP contribution in [-0.4, -0.2) is 51.0 Å². The second kappa shape index (κ2) is 5.92. The van der Waals surface area contributed by atoms with Crippen molar-refractivity contribution in [1.29, 1.82) is 0 Å². The first-order valence-corrected chi connectivity index (χ1v) is 8.96. The van der Waals surface area contributed by atoms with Crippen molar-refractivity contribution in [3.63, 3.8) is 0 Å². The standard InChI is InChI=1S/C18H33N3O2/c1-17(2)12(10-13(17)22-6)20-16(19-5)21-14-11-8-7-9-23-15(11)18(14,3)4/h11-15H,7-10H2,1-6H3,(H2,19,20,21). The van der Waals surface area contributed by atoms with Gasteiger partial charge in [-0.15, -0.1) is 0 Å². The maximum absolute atomic E-state index is 6.00. The molecule has 132 valence electrons. The highest BCUT2D eigenvalue weighted by Gasteiger charge is 2.58. The summed E-state index contributed by atoms with van der Waals surface area (Å²) in [6.45, 7) is 10.0. The number of nitrogens with zero attached hydrogens (tertiary/aromatic N) is 1. The Labute approximate surface area is 140 Å². The topological polar surface area (TPSA) is 54.9 Å². The average Bonchev–Trinajstić information content (AvgIpc) is 2.53. The van der Waals surface area contributed by atoms with Crippen LogP contribution in [0.4, 0.5) is 0 Å². The third-order valence-electron chi connectivity index (χ3n) is 6.62. The van der Waals surface area contributed by atoms with Gasteiger partial charge in [0.2, 0.25) is 0 Å². The molecule has 3 rings (SSSR count). The Morgan fingerprint density at radius 1 is 1.17 bits per heavy atom. The number of methoxy groups -OCH3 is 1. The van der Waals surface area contributed by atoms with Crippen LogP contribution in [0.5, 0.6) is 0 Å². The summed E-state index contributed by atoms with van der Waals surface area (Å²) in [5, 5.41) is 7.29. The van der Waals surface area contributed by atoms with Crippen molar-refractivity contribution in [3.05, 3.63) is 0 Å². The van der Waals surface area contributed by atoms with Gasteiger partial charge in [0.25, 0.3) is 0 Å². The monoisotopic (exact) mass is 323 g/mol. The molecular formula is C18H33N3O2. The second-order valence-corrected chi connectivity index (χ2v) is 8.59. The van der Waals surface area contributed by atoms with Crippen molar-refractivity contribution in [2.24, 2.45) is 21.7 Å². The lowest BCUT2D eigenvalue weighted by atomic mass is 9.55. The van der Waals surface area contributed by atoms with Gasteiger partial charge in [0, 0.05) is 49.6 Å². The van der Waals surface area contributed by atoms with Gasteiger partial charge in [-0.05, 0) is 19.3 Å². The van der Waals surface area contributed by atoms with E-state index in [0.717, 1.165) is 19.0 Å². The summed E-state index contributed by atoms with van der Waals surface area (Å²) in [5.41, 5.74) is 0.297. The largest absolute Gasteiger partial charge is 0.381 e. The Kier molecular flexibility index (Phi) is 4.38. The van der Waals surface area contributed by atoms with Gasteiger partial charge >= 0.3 is 0 Å². The number of fused-ring (bicyclic) bond motifs is 1. The predicted molar refractivity (Wildman–Crippen MR) is 92.6 cm³/mol. The van der Waals surface area contributed by atoms with Crippen LogP contribution < -0.4 is 10.6 Å². The molecule has 3 aliphatic rings. The van der Waals surface area contributed by atoms with Gasteiger partial charge in [-0.3, -0.25) is 4.99 Å². The van der Waals surface area contributed by atoms with Gasteiger partial charge in [0.15, 0.2) is 5.96 Å². The van der Waals surface area contributed by atoms with E-state index in [2.05, 4.69) is 43.3 Å². The van der Waals surface area contributed by atoms with Crippen LogP contribution in [0.1, 0.15) is 47.0 Å². The van der Waals surface area contributed by atoms with Crippen LogP contribution in [0, 0.1) is 16.7 Å². The summed E-state index contributed by atoms with van der Waals surface area (Å²) in [6, 6.07) is 0.834. The average molecular weight is 323 g/mol. The molecule has 0 aromatic rings. The highest BCUT2D eigenvalue weighted by Crippen LogP contribution is 2.51. The fraction of sp³-hybridized carbons (Fsp3) is 0.944. The van der Waals surface area contributed by atoms with Crippen molar-refractivity contribution in [1.82, 2.24) is 10.6 Å². The maximum atomic E-state index is 6.00. The van der Waals surface area contributed by atoms with Crippen molar-refractivity contribution in [2.75, 3.05) is 20.8 Å². The molecule has 23 heavy (non-hydrogen) atoms. The molecule has 2 saturated carbocycles. The van der Waals surface area contributed by atoms with Gasteiger partial charge in [-0.25, -0.2) is 0 Å². The molecule has 5 unspecified atom stereocenters. The minimum absolute atomic E-state index is 0.137. The molecule has 0 bridgehead atoms. The number of hydrogen-bond donors (Lipinski definition) is 2. The van der Waals surface area contributed by atoms with Crippen LogP contribution >= 0.6 is 0 Å². The van der Waals surface area contributed by atoms with E-state index in [4.69, 9.17) is 9.47 Å². The van der Waals surface area contributed by atoms with E-state index >= 15 is 0 Å². The van der Waals surface area contributed by atoms with Crippen molar-refractivity contribution in [3.8, 4) is 0 Å². The molecule has 0 spiro atoms. The van der Waals surface area contributed by atoms with Crippen molar-refractivity contribution in [2.45, 2.75) is 71.2 Å². The molecule has 1 saturated heterocycles. The molecule has 2 N–H and O–H groups in total. The van der Waals surface area contributed by atoms with Gasteiger partial charge in [0.1, 0.15) is 0 Å². The molecule has 0 aromatic carbocycles. The number of ether oxygens (including phenoxy) is 2. The molecule has 2 aliphatic carbocycles. The number of nitrogens with one attached hydrogen (secondary N) is 2. The number of rotatable bonds is 3. The van der Waals surface area contributed by atoms with E-state index in [-0.39, 0.29) is 10.8 Å². The van der Waals surface area contributed by atoms with Gasteiger partial charge in [0.05, 0.1) is 12.2 Å². The van der Waals surface area contributed by atoms with E-state index < -0.39 is 0 Å². The SMILES string of the molecule is CN=C(NC1CC(OC)C1(C)C)NC1C2CCCOC2C1(C)C. The summed E-state index contributed by atoms with van der Waals surface area (Å²) in [6.07, 6.45) is 4.18. The quantitative estimate of drug-likeness (QED) is 0.617. The molecule has 3 fully saturated rings. The minimum atomic E-state index is 0.137. The summed E-state index contributed by atoms with van der Waals surface area (Å²) < 4.78 is 11.5. The summed E-state index contributed by atoms with van der Waals surface area (Å²) in [4.78, 5) is 4.46. The number of aliphatic imine (C=N–C) groups is 1. The Hall–Kier alpha value is -0.810. The van der Waals surface area contributed by atoms with E-state index in [1.54, 1.807) is 7.11 Å². The molecular weight excluding hydrogens is 290 g/mol. The fourth-order valence-electron chi connectivity index (χ4n) is 4.83. The molecule has 1 aliphatic heterocycles. The minimum Gasteiger partial charge on any atom is -0.381 e. The molecule has 5 nitrogen and oxygen atoms in total. The van der Waals surface area contributed by atoms with Gasteiger partial charge in [-0.2, -0.15) is 0 Å². The zero-order valence-corrected chi connectivity index (χ0v) is 15.5. The fourth-order valence-corrected chi connectivity index (χ4v) is 4.83. The molecule has 5 atom stereocenters. The Morgan fingerprint density at radius 2 is 1.91 bits per heavy atom. The first kappa shape index (κ1) is 17.0. The maximum Gasteiger partial charge on any atom is 0.191 e. The summed E-state index contributed by atoms with van der Waals surface area (Å²) in [7, 11) is 3.66. The molecule has 5 heteroatoms. The van der Waals surface area contributed by atoms with Crippen LogP contribution in [-0.2, 0) is 9.47 Å². The molecule has 0 aromatic heterocycles. The van der Waals surface area contributed by atoms with Crippen LogP contribution in [0.15, 0.2) is 4.99 Å². The van der Waals surface area contributed by atoms with Crippen LogP contribution in [0.3, 0.4) is 0 Å². The lowest BCUT2D eigenvalue weighted by molar-refractivity contribution is -0.188. The summed E-state index contributed by atoms with van der Waals surface area (Å²) >= 11 is 0. The lowest BCUT2D eigenvalue weighted by Gasteiger charge is -2.60. The normalized spacial score (nSPS) is 41.3. The van der Waals surface area contributed by atoms with Crippen LogP contribution in [0.2, 0.25) is 0 Å². The van der Waals surface area contributed by atoms with E-state index in [1.807, 2.05) is 7.05 Å². The summed E-state index contributed by atoms with van der Waals surface area (Å²) in [5.74, 6) is 1.53. The molecule has 0 amide bonds. The Bertz CT molecular complexity index is 475. The second-order valence-electron chi connectivity index (χ2n) is 8.59. The van der Waals surface area contributed by atoms with E-state index in [1.165, 1.54) is 12.8 Å². The number of hydrogen-bond acceptors (Lipinski definition) is 3. The van der Waals surface area contributed by atoms with Crippen LogP contribution in [0.25, 0.3) is 0 Å². The van der Waals surface area contributed by atoms with Crippen molar-refractivity contribution >= 4 is 5.96 Å². The zero-order valence-electron chi connectivity index (χ0n) is 15.5. The Balaban J connectivity index is 1.60. The van der Waals surface area contributed by atoms with Gasteiger partial charge < -0.3 is 20.1 Å². The third kappa shape index (κ3) is 2.66. The highest BCUT2D eigenvalue weighted by molar-refractivity contribution is 5.81. The van der Waals surface area contributed by atoms with E-state index in [0.29, 0.717) is 30.2 Å². The smallest absolute Gasteiger partial charge is 0.191 e. The first-order valence-electron chi connectivity index (χ1n) is 8.96. The number of guanidine groups is 1. The lowest BCUT2D eigenvalue weighted by Crippen LogP contribution is -2.72. The van der Waals surface area contributed by atoms with E-state index in [9.17, 15) is 0 Å². The zero-order chi connectivity index (χ0) is 16.8. The first-order chi connectivity index (χ1) is 10.8. The highest BCUT2D eigenvalue weighted by atomic mass is 16.5.